The van der Waals surface area contributed by atoms with E-state index in [9.17, 15) is 14.0 Å². The molecule has 0 bridgehead atoms. The Hall–Kier alpha value is -1.89. The summed E-state index contributed by atoms with van der Waals surface area (Å²) in [6.07, 6.45) is 3.57. The number of halogens is 4. The molecule has 4 rings (SSSR count). The number of nitrogens with one attached hydrogen (secondary N) is 3. The number of para-hydroxylation sites is 1. The zero-order valence-corrected chi connectivity index (χ0v) is 23.2. The van der Waals surface area contributed by atoms with Crippen molar-refractivity contribution in [2.24, 2.45) is 0 Å². The summed E-state index contributed by atoms with van der Waals surface area (Å²) in [5, 5.41) is 6.06. The number of amides is 1. The summed E-state index contributed by atoms with van der Waals surface area (Å²) < 4.78 is 29.1. The number of carbonyl (C=O) groups is 2. The summed E-state index contributed by atoms with van der Waals surface area (Å²) in [4.78, 5) is 32.3. The van der Waals surface area contributed by atoms with Crippen LogP contribution in [-0.4, -0.2) is 31.0 Å². The van der Waals surface area contributed by atoms with E-state index in [-0.39, 0.29) is 19.7 Å². The van der Waals surface area contributed by atoms with Crippen LogP contribution in [0.15, 0.2) is 36.7 Å². The number of alkyl halides is 1. The van der Waals surface area contributed by atoms with Gasteiger partial charge in [0.15, 0.2) is 0 Å². The van der Waals surface area contributed by atoms with Crippen LogP contribution in [0.2, 0.25) is 0 Å². The molecule has 174 valence electrons. The molecule has 3 N–H and O–H groups in total. The molecule has 3 aromatic rings. The number of pyridine rings is 1. The number of fused-ring (bicyclic) bond motifs is 1. The fraction of sp³-hybridized carbons (Fsp3) is 0.150. The second-order valence-electron chi connectivity index (χ2n) is 6.69. The summed E-state index contributed by atoms with van der Waals surface area (Å²) in [6, 6.07) is 6.23. The molecule has 0 unspecified atom stereocenters. The molecule has 0 spiro atoms. The van der Waals surface area contributed by atoms with Gasteiger partial charge in [0.25, 0.3) is 0 Å². The van der Waals surface area contributed by atoms with Gasteiger partial charge in [-0.15, -0.1) is 0 Å². The minimum absolute atomic E-state index is 0.0169. The van der Waals surface area contributed by atoms with Crippen molar-refractivity contribution in [1.82, 2.24) is 15.3 Å². The van der Waals surface area contributed by atoms with Gasteiger partial charge in [-0.05, 0) is 0 Å². The van der Waals surface area contributed by atoms with Crippen LogP contribution >= 0.6 is 46.0 Å². The van der Waals surface area contributed by atoms with Crippen molar-refractivity contribution < 1.29 is 46.1 Å². The quantitative estimate of drug-likeness (QED) is 0.145. The number of methoxy groups -OCH3 is 1. The number of hydrogen-bond acceptors (Lipinski definition) is 7. The normalized spacial score (nSPS) is 14.9. The van der Waals surface area contributed by atoms with Gasteiger partial charge in [-0.3, -0.25) is 0 Å². The minimum atomic E-state index is -1.09. The zero-order chi connectivity index (χ0) is 23.5. The molecule has 1 aromatic carbocycles. The van der Waals surface area contributed by atoms with E-state index >= 15 is 0 Å². The standard InChI is InChI=1S/C20H15FI3N4O5/c1-31-18-10(21)3-2-4-11(18)26-17-15-12(7-14(28-19(15)29)24-20(30)33-23)27-16(17)9-5-6-25-8-13(9)32-22/h2-6,8,14,26-27H,7H2,1H3,(H,28,29)/q-1/t14-/m0/s1. The van der Waals surface area contributed by atoms with Gasteiger partial charge in [-0.25, -0.2) is 0 Å². The molecular formula is C20H15FI3N4O5-. The Morgan fingerprint density at radius 1 is 1.33 bits per heavy atom. The third-order valence-electron chi connectivity index (χ3n) is 4.82. The Balaban J connectivity index is 1.85. The second kappa shape index (κ2) is 10.6. The van der Waals surface area contributed by atoms with Gasteiger partial charge in [0.05, 0.1) is 0 Å². The Labute approximate surface area is 226 Å². The van der Waals surface area contributed by atoms with Crippen molar-refractivity contribution in [3.63, 3.8) is 0 Å². The van der Waals surface area contributed by atoms with Crippen molar-refractivity contribution in [2.75, 3.05) is 12.4 Å². The Morgan fingerprint density at radius 2 is 2.15 bits per heavy atom. The molecular weight excluding hydrogens is 776 g/mol. The molecule has 0 radical (unpaired) electrons. The molecule has 1 aliphatic rings. The monoisotopic (exact) mass is 791 g/mol. The first-order valence-electron chi connectivity index (χ1n) is 9.31. The average Bonchev–Trinajstić information content (AvgIpc) is 3.17. The number of carbonyl (C=O) groups excluding carboxylic acids is 2. The molecule has 1 aliphatic heterocycles. The van der Waals surface area contributed by atoms with Crippen molar-refractivity contribution in [2.45, 2.75) is 10.5 Å². The van der Waals surface area contributed by atoms with E-state index in [0.29, 0.717) is 46.1 Å². The molecule has 2 aromatic heterocycles. The van der Waals surface area contributed by atoms with E-state index < -0.39 is 27.0 Å². The summed E-state index contributed by atoms with van der Waals surface area (Å²) in [7, 11) is 1.37. The zero-order valence-electron chi connectivity index (χ0n) is 16.7. The van der Waals surface area contributed by atoms with E-state index in [1.807, 2.05) is 0 Å². The van der Waals surface area contributed by atoms with Crippen LogP contribution in [0.1, 0.15) is 16.1 Å². The van der Waals surface area contributed by atoms with Crippen LogP contribution in [0.4, 0.5) is 20.6 Å². The van der Waals surface area contributed by atoms with Crippen LogP contribution in [-0.2, 0) is 9.49 Å². The van der Waals surface area contributed by atoms with Crippen LogP contribution in [0.25, 0.3) is 11.3 Å². The summed E-state index contributed by atoms with van der Waals surface area (Å²) in [5.41, 5.74) is 3.01. The average molecular weight is 791 g/mol. The van der Waals surface area contributed by atoms with Crippen LogP contribution in [0, 0.1) is 5.82 Å². The van der Waals surface area contributed by atoms with Gasteiger partial charge in [-0.2, -0.15) is 0 Å². The predicted octanol–water partition coefficient (Wildman–Crippen LogP) is 1.88. The number of aromatic amines is 1. The molecule has 0 saturated heterocycles. The fourth-order valence-corrected chi connectivity index (χ4v) is 6.32. The molecule has 0 aliphatic carbocycles. The fourth-order valence-electron chi connectivity index (χ4n) is 3.51. The summed E-state index contributed by atoms with van der Waals surface area (Å²) in [5.74, 6) is -0.402. The van der Waals surface area contributed by atoms with Gasteiger partial charge in [0.1, 0.15) is 0 Å². The molecule has 1 amide bonds. The number of ether oxygens (including phenoxy) is 1. The van der Waals surface area contributed by atoms with Crippen molar-refractivity contribution in [1.29, 1.82) is 0 Å². The number of benzene rings is 1. The first-order chi connectivity index (χ1) is 16.0. The molecule has 33 heavy (non-hydrogen) atoms. The van der Waals surface area contributed by atoms with Gasteiger partial charge in [0, 0.05) is 0 Å². The Bertz CT molecular complexity index is 1220. The number of anilines is 2. The van der Waals surface area contributed by atoms with Gasteiger partial charge in [-0.1, -0.05) is 0 Å². The van der Waals surface area contributed by atoms with Crippen LogP contribution in [0.5, 0.6) is 11.5 Å². The van der Waals surface area contributed by atoms with Crippen molar-refractivity contribution in [3.8, 4) is 22.8 Å². The van der Waals surface area contributed by atoms with Gasteiger partial charge >= 0.3 is 228 Å². The SMILES string of the molecule is COc1c(F)cccc1Nc1c(-c2ccncc2OI)[nH]c2c1C(=O)N[C@H]([I-]C(=O)OI)C2. The van der Waals surface area contributed by atoms with E-state index in [1.165, 1.54) is 13.2 Å². The molecule has 3 heterocycles. The molecule has 0 fully saturated rings. The number of nitrogens with zero attached hydrogens (tertiary/aromatic N) is 1. The number of aromatic nitrogens is 2. The van der Waals surface area contributed by atoms with E-state index in [4.69, 9.17) is 10.9 Å². The number of hydrogen-bond donors (Lipinski definition) is 3. The predicted molar refractivity (Wildman–Crippen MR) is 130 cm³/mol. The first-order valence-corrected chi connectivity index (χ1v) is 13.4. The topological polar surface area (TPSA) is 115 Å². The number of rotatable bonds is 7. The van der Waals surface area contributed by atoms with E-state index in [2.05, 4.69) is 20.6 Å². The third kappa shape index (κ3) is 4.98. The van der Waals surface area contributed by atoms with E-state index in [1.54, 1.807) is 76.6 Å². The maximum absolute atomic E-state index is 14.3. The molecule has 0 saturated carbocycles. The van der Waals surface area contributed by atoms with Crippen molar-refractivity contribution in [3.05, 3.63) is 53.7 Å². The van der Waals surface area contributed by atoms with Gasteiger partial charge < -0.3 is 0 Å². The molecule has 1 atom stereocenters. The molecule has 9 nitrogen and oxygen atoms in total. The Kier molecular flexibility index (Phi) is 7.77. The van der Waals surface area contributed by atoms with Crippen LogP contribution < -0.4 is 39.6 Å². The van der Waals surface area contributed by atoms with Gasteiger partial charge in [0.2, 0.25) is 0 Å². The third-order valence-corrected chi connectivity index (χ3v) is 8.77. The van der Waals surface area contributed by atoms with Crippen LogP contribution in [0.3, 0.4) is 0 Å². The van der Waals surface area contributed by atoms with E-state index in [0.717, 1.165) is 0 Å². The van der Waals surface area contributed by atoms with Crippen molar-refractivity contribution >= 4 is 67.3 Å². The molecule has 13 heteroatoms. The Morgan fingerprint density at radius 3 is 2.88 bits per heavy atom. The second-order valence-corrected chi connectivity index (χ2v) is 10.6. The maximum atomic E-state index is 14.3. The summed E-state index contributed by atoms with van der Waals surface area (Å²) in [6.45, 7) is 0. The number of H-pyrrole nitrogens is 1. The first kappa shape index (κ1) is 24.2. The summed E-state index contributed by atoms with van der Waals surface area (Å²) >= 11 is 2.22.